The third kappa shape index (κ3) is 5.70. The van der Waals surface area contributed by atoms with Crippen molar-refractivity contribution in [2.24, 2.45) is 0 Å². The largest absolute Gasteiger partial charge is 0.379 e. The van der Waals surface area contributed by atoms with E-state index in [-0.39, 0.29) is 24.4 Å². The quantitative estimate of drug-likeness (QED) is 0.545. The number of aliphatic hydroxyl groups is 1. The Bertz CT molecular complexity index is 1170. The van der Waals surface area contributed by atoms with Crippen molar-refractivity contribution in [3.8, 4) is 0 Å². The molecule has 0 saturated carbocycles. The van der Waals surface area contributed by atoms with E-state index in [1.165, 1.54) is 0 Å². The van der Waals surface area contributed by atoms with Gasteiger partial charge in [-0.2, -0.15) is 5.10 Å². The Morgan fingerprint density at radius 3 is 2.50 bits per heavy atom. The van der Waals surface area contributed by atoms with Crippen molar-refractivity contribution >= 4 is 29.1 Å². The van der Waals surface area contributed by atoms with Crippen molar-refractivity contribution in [1.82, 2.24) is 24.9 Å². The van der Waals surface area contributed by atoms with Gasteiger partial charge in [0, 0.05) is 56.6 Å². The molecular formula is C28H39ClN6O3. The number of aliphatic hydroxyl groups excluding tert-OH is 1. The number of nitrogens with zero attached hydrogens (tertiary/aromatic N) is 5. The number of aryl methyl sites for hydroxylation is 1. The number of carbonyl (C=O) groups is 2. The maximum Gasteiger partial charge on any atom is 0.274 e. The molecular weight excluding hydrogens is 504 g/mol. The molecule has 0 spiro atoms. The number of rotatable bonds is 6. The number of likely N-dealkylation sites (tertiary alicyclic amines) is 1. The third-order valence-corrected chi connectivity index (χ3v) is 8.64. The van der Waals surface area contributed by atoms with E-state index < -0.39 is 6.23 Å². The number of hydrogen-bond donors (Lipinski definition) is 2. The number of hydrogen-bond acceptors (Lipinski definition) is 6. The van der Waals surface area contributed by atoms with Gasteiger partial charge in [-0.1, -0.05) is 23.7 Å². The Morgan fingerprint density at radius 1 is 1.08 bits per heavy atom. The number of benzene rings is 1. The number of aromatic nitrogens is 2. The lowest BCUT2D eigenvalue weighted by Gasteiger charge is -2.36. The summed E-state index contributed by atoms with van der Waals surface area (Å²) in [7, 11) is 0. The van der Waals surface area contributed by atoms with Crippen LogP contribution in [-0.2, 0) is 24.2 Å². The van der Waals surface area contributed by atoms with Crippen LogP contribution in [-0.4, -0.2) is 88.0 Å². The topological polar surface area (TPSA) is 93.9 Å². The van der Waals surface area contributed by atoms with E-state index in [4.69, 9.17) is 16.7 Å². The molecule has 2 aromatic rings. The van der Waals surface area contributed by atoms with E-state index in [9.17, 15) is 14.7 Å². The Morgan fingerprint density at radius 2 is 1.79 bits per heavy atom. The van der Waals surface area contributed by atoms with Gasteiger partial charge in [0.25, 0.3) is 5.91 Å². The van der Waals surface area contributed by atoms with Crippen LogP contribution in [0, 0.1) is 6.92 Å². The van der Waals surface area contributed by atoms with Gasteiger partial charge in [0.15, 0.2) is 5.69 Å². The number of halogens is 1. The average molecular weight is 543 g/mol. The second kappa shape index (κ2) is 11.6. The smallest absolute Gasteiger partial charge is 0.274 e. The van der Waals surface area contributed by atoms with Crippen LogP contribution in [0.1, 0.15) is 59.9 Å². The molecule has 3 heterocycles. The van der Waals surface area contributed by atoms with Crippen LogP contribution < -0.4 is 10.2 Å². The van der Waals surface area contributed by atoms with Crippen molar-refractivity contribution in [2.75, 3.05) is 44.2 Å². The summed E-state index contributed by atoms with van der Waals surface area (Å²) in [5.74, 6) is 0.00775. The molecule has 206 valence electrons. The molecule has 2 aliphatic heterocycles. The zero-order valence-electron chi connectivity index (χ0n) is 22.5. The van der Waals surface area contributed by atoms with Gasteiger partial charge in [0.05, 0.1) is 10.7 Å². The molecule has 2 fully saturated rings. The Labute approximate surface area is 229 Å². The highest BCUT2D eigenvalue weighted by Crippen LogP contribution is 2.30. The monoisotopic (exact) mass is 542 g/mol. The van der Waals surface area contributed by atoms with Crippen LogP contribution in [0.25, 0.3) is 0 Å². The minimum Gasteiger partial charge on any atom is -0.379 e. The van der Waals surface area contributed by atoms with Crippen LogP contribution in [0.3, 0.4) is 0 Å². The first kappa shape index (κ1) is 27.0. The fourth-order valence-electron chi connectivity index (χ4n) is 6.01. The fourth-order valence-corrected chi connectivity index (χ4v) is 6.26. The summed E-state index contributed by atoms with van der Waals surface area (Å²) in [4.78, 5) is 32.8. The predicted molar refractivity (Wildman–Crippen MR) is 148 cm³/mol. The van der Waals surface area contributed by atoms with Gasteiger partial charge >= 0.3 is 0 Å². The Hall–Kier alpha value is -2.62. The lowest BCUT2D eigenvalue weighted by molar-refractivity contribution is -0.132. The first-order valence-corrected chi connectivity index (χ1v) is 14.3. The highest BCUT2D eigenvalue weighted by Gasteiger charge is 2.32. The van der Waals surface area contributed by atoms with Gasteiger partial charge < -0.3 is 19.8 Å². The van der Waals surface area contributed by atoms with Gasteiger partial charge in [0.2, 0.25) is 5.91 Å². The summed E-state index contributed by atoms with van der Waals surface area (Å²) in [5, 5.41) is 18.3. The second-order valence-electron chi connectivity index (χ2n) is 10.8. The average Bonchev–Trinajstić information content (AvgIpc) is 3.28. The predicted octanol–water partition coefficient (Wildman–Crippen LogP) is 2.61. The summed E-state index contributed by atoms with van der Waals surface area (Å²) in [6.07, 6.45) is 4.83. The minimum atomic E-state index is -0.550. The first-order chi connectivity index (χ1) is 18.3. The van der Waals surface area contributed by atoms with Crippen molar-refractivity contribution in [2.45, 2.75) is 71.2 Å². The van der Waals surface area contributed by atoms with Gasteiger partial charge in [-0.15, -0.1) is 0 Å². The van der Waals surface area contributed by atoms with Gasteiger partial charge in [-0.25, -0.2) is 0 Å². The molecule has 2 saturated heterocycles. The number of carbonyl (C=O) groups excluding carboxylic acids is 2. The molecule has 0 bridgehead atoms. The van der Waals surface area contributed by atoms with Crippen LogP contribution in [0.15, 0.2) is 18.2 Å². The van der Waals surface area contributed by atoms with E-state index in [2.05, 4.69) is 10.2 Å². The lowest BCUT2D eigenvalue weighted by atomic mass is 9.95. The van der Waals surface area contributed by atoms with Crippen LogP contribution in [0.4, 0.5) is 5.69 Å². The van der Waals surface area contributed by atoms with E-state index in [0.29, 0.717) is 31.9 Å². The number of anilines is 1. The number of piperidine rings is 1. The number of amides is 2. The van der Waals surface area contributed by atoms with E-state index >= 15 is 0 Å². The summed E-state index contributed by atoms with van der Waals surface area (Å²) in [6.45, 7) is 7.90. The van der Waals surface area contributed by atoms with Crippen molar-refractivity contribution < 1.29 is 14.7 Å². The molecule has 0 radical (unpaired) electrons. The van der Waals surface area contributed by atoms with Gasteiger partial charge in [0.1, 0.15) is 12.8 Å². The molecule has 1 unspecified atom stereocenters. The number of piperazine rings is 1. The lowest BCUT2D eigenvalue weighted by Crippen LogP contribution is -2.49. The Balaban J connectivity index is 1.23. The molecule has 1 aromatic heterocycles. The molecule has 2 amide bonds. The van der Waals surface area contributed by atoms with Crippen LogP contribution in [0.5, 0.6) is 0 Å². The Kier molecular flexibility index (Phi) is 8.26. The normalized spacial score (nSPS) is 19.4. The highest BCUT2D eigenvalue weighted by atomic mass is 35.5. The van der Waals surface area contributed by atoms with E-state index in [1.54, 1.807) is 11.6 Å². The zero-order chi connectivity index (χ0) is 26.8. The molecule has 38 heavy (non-hydrogen) atoms. The molecule has 1 atom stereocenters. The fraction of sp³-hybridized carbons (Fsp3) is 0.607. The summed E-state index contributed by atoms with van der Waals surface area (Å²) in [5.41, 5.74) is 4.67. The molecule has 9 nitrogen and oxygen atoms in total. The molecule has 3 aliphatic rings. The molecule has 5 rings (SSSR count). The summed E-state index contributed by atoms with van der Waals surface area (Å²) < 4.78 is 1.80. The highest BCUT2D eigenvalue weighted by molar-refractivity contribution is 6.34. The summed E-state index contributed by atoms with van der Waals surface area (Å²) in [6, 6.07) is 6.27. The number of fused-ring (bicyclic) bond motifs is 1. The van der Waals surface area contributed by atoms with Crippen molar-refractivity contribution in [1.29, 1.82) is 0 Å². The zero-order valence-corrected chi connectivity index (χ0v) is 23.2. The van der Waals surface area contributed by atoms with E-state index in [0.717, 1.165) is 79.1 Å². The van der Waals surface area contributed by atoms with Crippen molar-refractivity contribution in [3.05, 3.63) is 45.7 Å². The SMILES string of the molecule is Cc1cccc(N2CCN(C(=O)Cn3nc(C(=O)N4CCC(NC(C)O)CC4)c4c3CCCC4)CC2)c1Cl. The van der Waals surface area contributed by atoms with Crippen LogP contribution in [0.2, 0.25) is 5.02 Å². The first-order valence-electron chi connectivity index (χ1n) is 13.9. The maximum absolute atomic E-state index is 13.5. The molecule has 10 heteroatoms. The second-order valence-corrected chi connectivity index (χ2v) is 11.2. The third-order valence-electron chi connectivity index (χ3n) is 8.15. The molecule has 1 aliphatic carbocycles. The molecule has 1 aromatic carbocycles. The summed E-state index contributed by atoms with van der Waals surface area (Å²) >= 11 is 6.53. The molecule has 2 N–H and O–H groups in total. The minimum absolute atomic E-state index is 0.0338. The van der Waals surface area contributed by atoms with Gasteiger partial charge in [-0.05, 0) is 64.0 Å². The van der Waals surface area contributed by atoms with Crippen LogP contribution >= 0.6 is 11.6 Å². The van der Waals surface area contributed by atoms with E-state index in [1.807, 2.05) is 34.9 Å². The standard InChI is InChI=1S/C28H39ClN6O3/c1-19-6-5-9-24(26(19)29)32-14-16-33(17-15-32)25(37)18-35-23-8-4-3-7-22(23)27(31-35)28(38)34-12-10-21(11-13-34)30-20(2)36/h5-6,9,20-21,30,36H,3-4,7-8,10-18H2,1-2H3. The maximum atomic E-state index is 13.5. The number of nitrogens with one attached hydrogen (secondary N) is 1. The van der Waals surface area contributed by atoms with Gasteiger partial charge in [-0.3, -0.25) is 19.6 Å². The van der Waals surface area contributed by atoms with Crippen molar-refractivity contribution in [3.63, 3.8) is 0 Å².